The van der Waals surface area contributed by atoms with Gasteiger partial charge in [-0.1, -0.05) is 0 Å². The van der Waals surface area contributed by atoms with E-state index < -0.39 is 0 Å². The summed E-state index contributed by atoms with van der Waals surface area (Å²) < 4.78 is 1.81. The number of hydrogen-bond donors (Lipinski definition) is 1. The molecule has 114 valence electrons. The van der Waals surface area contributed by atoms with Crippen LogP contribution in [0.3, 0.4) is 0 Å². The first-order valence-corrected chi connectivity index (χ1v) is 7.63. The van der Waals surface area contributed by atoms with Crippen molar-refractivity contribution in [2.45, 2.75) is 25.7 Å². The fourth-order valence-corrected chi connectivity index (χ4v) is 3.27. The van der Waals surface area contributed by atoms with Crippen molar-refractivity contribution in [3.8, 4) is 0 Å². The van der Waals surface area contributed by atoms with E-state index in [1.54, 1.807) is 0 Å². The molecule has 1 aliphatic rings. The van der Waals surface area contributed by atoms with E-state index in [0.29, 0.717) is 5.92 Å². The van der Waals surface area contributed by atoms with E-state index in [1.807, 2.05) is 31.0 Å². The summed E-state index contributed by atoms with van der Waals surface area (Å²) in [6.45, 7) is 3.90. The van der Waals surface area contributed by atoms with Crippen molar-refractivity contribution in [1.29, 1.82) is 0 Å². The normalized spacial score (nSPS) is 19.0. The highest BCUT2D eigenvalue weighted by Crippen LogP contribution is 2.31. The number of hydrogen-bond acceptors (Lipinski definition) is 5. The van der Waals surface area contributed by atoms with Gasteiger partial charge in [0.15, 0.2) is 5.65 Å². The molecule has 1 saturated heterocycles. The summed E-state index contributed by atoms with van der Waals surface area (Å²) in [4.78, 5) is 11.6. The van der Waals surface area contributed by atoms with Crippen LogP contribution < -0.4 is 4.90 Å². The summed E-state index contributed by atoms with van der Waals surface area (Å²) in [7, 11) is 1.92. The largest absolute Gasteiger partial charge is 0.355 e. The molecule has 1 aliphatic heterocycles. The maximum absolute atomic E-state index is 4.69. The fourth-order valence-electron chi connectivity index (χ4n) is 3.27. The van der Waals surface area contributed by atoms with E-state index in [0.717, 1.165) is 42.2 Å². The molecule has 4 heterocycles. The SMILES string of the molecule is Cc1nc(N2CCC[C@@H](c3ccn[nH]3)C2)c2cnn(C)c2n1. The van der Waals surface area contributed by atoms with Gasteiger partial charge in [-0.05, 0) is 25.8 Å². The highest BCUT2D eigenvalue weighted by Gasteiger charge is 2.25. The predicted molar refractivity (Wildman–Crippen MR) is 83.8 cm³/mol. The molecule has 0 radical (unpaired) electrons. The summed E-state index contributed by atoms with van der Waals surface area (Å²) in [5.41, 5.74) is 2.10. The Morgan fingerprint density at radius 3 is 3.05 bits per heavy atom. The summed E-state index contributed by atoms with van der Waals surface area (Å²) in [6.07, 6.45) is 6.01. The van der Waals surface area contributed by atoms with Crippen LogP contribution in [-0.2, 0) is 7.05 Å². The van der Waals surface area contributed by atoms with Crippen molar-refractivity contribution in [2.75, 3.05) is 18.0 Å². The van der Waals surface area contributed by atoms with Gasteiger partial charge in [-0.25, -0.2) is 9.97 Å². The first-order chi connectivity index (χ1) is 10.7. The number of rotatable bonds is 2. The lowest BCUT2D eigenvalue weighted by molar-refractivity contribution is 0.498. The molecule has 0 unspecified atom stereocenters. The molecule has 1 atom stereocenters. The maximum Gasteiger partial charge on any atom is 0.163 e. The van der Waals surface area contributed by atoms with Crippen LogP contribution in [0.1, 0.15) is 30.3 Å². The van der Waals surface area contributed by atoms with E-state index in [-0.39, 0.29) is 0 Å². The van der Waals surface area contributed by atoms with E-state index in [2.05, 4.69) is 36.2 Å². The molecular weight excluding hydrogens is 278 g/mol. The van der Waals surface area contributed by atoms with Crippen LogP contribution in [0.15, 0.2) is 18.5 Å². The van der Waals surface area contributed by atoms with Gasteiger partial charge in [0.05, 0.1) is 11.6 Å². The Hall–Kier alpha value is -2.44. The number of piperidine rings is 1. The number of aryl methyl sites for hydroxylation is 2. The zero-order chi connectivity index (χ0) is 15.1. The standard InChI is InChI=1S/C15H19N7/c1-10-18-14-12(8-17-21(14)2)15(19-10)22-7-3-4-11(9-22)13-5-6-16-20-13/h5-6,8,11H,3-4,7,9H2,1-2H3,(H,16,20)/t11-/m1/s1. The smallest absolute Gasteiger partial charge is 0.163 e. The van der Waals surface area contributed by atoms with Crippen molar-refractivity contribution in [3.63, 3.8) is 0 Å². The van der Waals surface area contributed by atoms with Gasteiger partial charge in [0.25, 0.3) is 0 Å². The minimum Gasteiger partial charge on any atom is -0.355 e. The number of nitrogens with zero attached hydrogens (tertiary/aromatic N) is 6. The lowest BCUT2D eigenvalue weighted by Crippen LogP contribution is -2.35. The molecular formula is C15H19N7. The zero-order valence-corrected chi connectivity index (χ0v) is 12.8. The van der Waals surface area contributed by atoms with Gasteiger partial charge in [0.1, 0.15) is 11.6 Å². The molecule has 1 N–H and O–H groups in total. The van der Waals surface area contributed by atoms with Crippen molar-refractivity contribution < 1.29 is 0 Å². The molecule has 7 heteroatoms. The molecule has 0 aliphatic carbocycles. The predicted octanol–water partition coefficient (Wildman–Crippen LogP) is 1.78. The molecule has 0 spiro atoms. The molecule has 0 aromatic carbocycles. The van der Waals surface area contributed by atoms with Gasteiger partial charge in [0.2, 0.25) is 0 Å². The van der Waals surface area contributed by atoms with Crippen molar-refractivity contribution in [1.82, 2.24) is 29.9 Å². The quantitative estimate of drug-likeness (QED) is 0.780. The van der Waals surface area contributed by atoms with Gasteiger partial charge >= 0.3 is 0 Å². The van der Waals surface area contributed by atoms with Crippen molar-refractivity contribution in [3.05, 3.63) is 30.0 Å². The second kappa shape index (κ2) is 5.08. The molecule has 3 aromatic rings. The van der Waals surface area contributed by atoms with E-state index in [1.165, 1.54) is 12.1 Å². The number of H-pyrrole nitrogens is 1. The molecule has 1 fully saturated rings. The number of aromatic amines is 1. The Balaban J connectivity index is 1.72. The Labute approximate surface area is 128 Å². The van der Waals surface area contributed by atoms with Crippen LogP contribution >= 0.6 is 0 Å². The molecule has 0 amide bonds. The second-order valence-corrected chi connectivity index (χ2v) is 5.90. The fraction of sp³-hybridized carbons (Fsp3) is 0.467. The van der Waals surface area contributed by atoms with Crippen LogP contribution in [0.25, 0.3) is 11.0 Å². The summed E-state index contributed by atoms with van der Waals surface area (Å²) in [6, 6.07) is 2.07. The van der Waals surface area contributed by atoms with Crippen LogP contribution in [0.4, 0.5) is 5.82 Å². The van der Waals surface area contributed by atoms with Crippen LogP contribution in [-0.4, -0.2) is 43.0 Å². The van der Waals surface area contributed by atoms with E-state index >= 15 is 0 Å². The highest BCUT2D eigenvalue weighted by molar-refractivity contribution is 5.87. The van der Waals surface area contributed by atoms with Gasteiger partial charge in [-0.15, -0.1) is 0 Å². The molecule has 0 saturated carbocycles. The maximum atomic E-state index is 4.69. The molecule has 3 aromatic heterocycles. The number of aromatic nitrogens is 6. The van der Waals surface area contributed by atoms with Gasteiger partial charge < -0.3 is 4.90 Å². The van der Waals surface area contributed by atoms with Crippen molar-refractivity contribution in [2.24, 2.45) is 7.05 Å². The van der Waals surface area contributed by atoms with Crippen LogP contribution in [0, 0.1) is 6.92 Å². The summed E-state index contributed by atoms with van der Waals surface area (Å²) in [5.74, 6) is 2.26. The average Bonchev–Trinajstić information content (AvgIpc) is 3.18. The minimum absolute atomic E-state index is 0.471. The number of fused-ring (bicyclic) bond motifs is 1. The third-order valence-electron chi connectivity index (χ3n) is 4.37. The Morgan fingerprint density at radius 1 is 1.32 bits per heavy atom. The van der Waals surface area contributed by atoms with Gasteiger partial charge in [0, 0.05) is 37.9 Å². The van der Waals surface area contributed by atoms with Gasteiger partial charge in [-0.2, -0.15) is 10.2 Å². The second-order valence-electron chi connectivity index (χ2n) is 5.90. The third-order valence-corrected chi connectivity index (χ3v) is 4.37. The Morgan fingerprint density at radius 2 is 2.23 bits per heavy atom. The Kier molecular flexibility index (Phi) is 3.06. The third kappa shape index (κ3) is 2.13. The minimum atomic E-state index is 0.471. The Bertz CT molecular complexity index is 790. The van der Waals surface area contributed by atoms with Crippen LogP contribution in [0.5, 0.6) is 0 Å². The number of anilines is 1. The molecule has 0 bridgehead atoms. The topological polar surface area (TPSA) is 75.5 Å². The van der Waals surface area contributed by atoms with Gasteiger partial charge in [-0.3, -0.25) is 9.78 Å². The van der Waals surface area contributed by atoms with E-state index in [9.17, 15) is 0 Å². The van der Waals surface area contributed by atoms with E-state index in [4.69, 9.17) is 0 Å². The highest BCUT2D eigenvalue weighted by atomic mass is 15.3. The molecule has 7 nitrogen and oxygen atoms in total. The lowest BCUT2D eigenvalue weighted by atomic mass is 9.95. The lowest BCUT2D eigenvalue weighted by Gasteiger charge is -2.33. The monoisotopic (exact) mass is 297 g/mol. The average molecular weight is 297 g/mol. The molecule has 4 rings (SSSR count). The first-order valence-electron chi connectivity index (χ1n) is 7.63. The van der Waals surface area contributed by atoms with Crippen LogP contribution in [0.2, 0.25) is 0 Å². The molecule has 22 heavy (non-hydrogen) atoms. The first kappa shape index (κ1) is 13.2. The summed E-state index contributed by atoms with van der Waals surface area (Å²) in [5, 5.41) is 12.5. The summed E-state index contributed by atoms with van der Waals surface area (Å²) >= 11 is 0. The number of nitrogens with one attached hydrogen (secondary N) is 1. The van der Waals surface area contributed by atoms with Crippen molar-refractivity contribution >= 4 is 16.9 Å². The zero-order valence-electron chi connectivity index (χ0n) is 12.8.